The number of amides is 2. The predicted molar refractivity (Wildman–Crippen MR) is 170 cm³/mol. The van der Waals surface area contributed by atoms with Crippen molar-refractivity contribution in [1.29, 1.82) is 0 Å². The van der Waals surface area contributed by atoms with Gasteiger partial charge in [-0.3, -0.25) is 4.90 Å². The number of ether oxygens (including phenoxy) is 3. The van der Waals surface area contributed by atoms with Crippen molar-refractivity contribution >= 4 is 23.5 Å². The Bertz CT molecular complexity index is 802. The molecule has 250 valence electrons. The van der Waals surface area contributed by atoms with Gasteiger partial charge >= 0.3 is 12.2 Å². The van der Waals surface area contributed by atoms with E-state index in [0.29, 0.717) is 26.1 Å². The highest BCUT2D eigenvalue weighted by Crippen LogP contribution is 2.22. The molecule has 2 rings (SSSR count). The maximum absolute atomic E-state index is 12.6. The van der Waals surface area contributed by atoms with Gasteiger partial charge in [0.25, 0.3) is 0 Å². The Morgan fingerprint density at radius 1 is 0.907 bits per heavy atom. The summed E-state index contributed by atoms with van der Waals surface area (Å²) >= 11 is 1.68. The maximum Gasteiger partial charge on any atom is 0.411 e. The molecule has 1 fully saturated rings. The zero-order valence-corrected chi connectivity index (χ0v) is 29.5. The second-order valence-corrected chi connectivity index (χ2v) is 12.5. The standard InChI is InChI=1S/C33H59N3O5S.BrH/c1-3-4-5-6-7-8-9-10-11-12-13-14-15-16-18-23-34-32(37)41-30-22-21-27-40-31(30)36(33(38)39-2)25-20-17-19-24-35-26-28-42-29-35;/h26,28-31H,3-25,27H2,1-2H3;1H/t30-,31+;/m0./s1. The van der Waals surface area contributed by atoms with E-state index in [1.807, 2.05) is 0 Å². The number of unbranched alkanes of at least 4 members (excludes halogenated alkanes) is 16. The lowest BCUT2D eigenvalue weighted by Gasteiger charge is -2.38. The highest BCUT2D eigenvalue weighted by molar-refractivity contribution is 7.07. The van der Waals surface area contributed by atoms with E-state index in [1.54, 1.807) is 16.2 Å². The van der Waals surface area contributed by atoms with Gasteiger partial charge in [0.05, 0.1) is 12.5 Å². The minimum Gasteiger partial charge on any atom is -1.00 e. The number of rotatable bonds is 24. The number of alkyl carbamates (subject to hydrolysis) is 1. The molecule has 0 bridgehead atoms. The number of aryl methyl sites for hydroxylation is 1. The van der Waals surface area contributed by atoms with Crippen molar-refractivity contribution in [2.45, 2.75) is 154 Å². The second kappa shape index (κ2) is 27.0. The Kier molecular flexibility index (Phi) is 24.9. The van der Waals surface area contributed by atoms with Crippen molar-refractivity contribution in [3.63, 3.8) is 0 Å². The SMILES string of the molecule is CCCCCCCCCCCCCCCCCNC(=O)O[C@H]1CCCO[C@H]1N(CCCCC[n+]1ccsc1)C(=O)OC.[Br-]. The molecule has 1 aromatic heterocycles. The fraction of sp³-hybridized carbons (Fsp3) is 0.848. The molecule has 0 aliphatic carbocycles. The number of nitrogens with one attached hydrogen (secondary N) is 1. The van der Waals surface area contributed by atoms with Crippen LogP contribution in [0.4, 0.5) is 9.59 Å². The summed E-state index contributed by atoms with van der Waals surface area (Å²) in [6.45, 7) is 4.89. The van der Waals surface area contributed by atoms with Gasteiger partial charge in [-0.1, -0.05) is 108 Å². The van der Waals surface area contributed by atoms with Crippen LogP contribution in [0.2, 0.25) is 0 Å². The van der Waals surface area contributed by atoms with E-state index in [0.717, 1.165) is 45.1 Å². The highest BCUT2D eigenvalue weighted by Gasteiger charge is 2.37. The fourth-order valence-electron chi connectivity index (χ4n) is 5.59. The first-order valence-corrected chi connectivity index (χ1v) is 17.9. The van der Waals surface area contributed by atoms with E-state index < -0.39 is 24.5 Å². The summed E-state index contributed by atoms with van der Waals surface area (Å²) in [5, 5.41) is 4.97. The lowest BCUT2D eigenvalue weighted by molar-refractivity contribution is -0.692. The van der Waals surface area contributed by atoms with Crippen molar-refractivity contribution in [3.05, 3.63) is 17.1 Å². The molecule has 1 aliphatic rings. The first kappa shape index (κ1) is 39.6. The number of methoxy groups -OCH3 is 1. The molecule has 0 radical (unpaired) electrons. The van der Waals surface area contributed by atoms with Crippen molar-refractivity contribution in [2.24, 2.45) is 0 Å². The Balaban J connectivity index is 0.00000924. The summed E-state index contributed by atoms with van der Waals surface area (Å²) in [6, 6.07) is 0. The molecule has 8 nitrogen and oxygen atoms in total. The first-order valence-electron chi connectivity index (χ1n) is 17.0. The largest absolute Gasteiger partial charge is 1.00 e. The van der Waals surface area contributed by atoms with Crippen molar-refractivity contribution in [3.8, 4) is 0 Å². The van der Waals surface area contributed by atoms with E-state index in [4.69, 9.17) is 14.2 Å². The molecule has 2 atom stereocenters. The monoisotopic (exact) mass is 689 g/mol. The highest BCUT2D eigenvalue weighted by atomic mass is 79.9. The second-order valence-electron chi connectivity index (χ2n) is 11.7. The Hall–Kier alpha value is -1.39. The Morgan fingerprint density at radius 3 is 2.09 bits per heavy atom. The van der Waals surface area contributed by atoms with Gasteiger partial charge in [0.2, 0.25) is 5.51 Å². The molecule has 0 aromatic carbocycles. The summed E-state index contributed by atoms with van der Waals surface area (Å²) < 4.78 is 18.9. The molecular weight excluding hydrogens is 630 g/mol. The number of halogens is 1. The number of hydrogen-bond donors (Lipinski definition) is 1. The molecule has 1 N–H and O–H groups in total. The average molecular weight is 691 g/mol. The van der Waals surface area contributed by atoms with Gasteiger partial charge in [0.15, 0.2) is 12.4 Å². The number of hydrogen-bond acceptors (Lipinski definition) is 6. The summed E-state index contributed by atoms with van der Waals surface area (Å²) in [5.41, 5.74) is 2.10. The number of aromatic nitrogens is 1. The van der Waals surface area contributed by atoms with Gasteiger partial charge in [-0.15, -0.1) is 0 Å². The zero-order valence-electron chi connectivity index (χ0n) is 27.1. The lowest BCUT2D eigenvalue weighted by atomic mass is 10.0. The zero-order chi connectivity index (χ0) is 30.1. The molecule has 1 aliphatic heterocycles. The average Bonchev–Trinajstić information content (AvgIpc) is 3.52. The van der Waals surface area contributed by atoms with E-state index in [2.05, 4.69) is 33.9 Å². The molecule has 0 spiro atoms. The molecule has 1 aromatic rings. The van der Waals surface area contributed by atoms with Crippen LogP contribution >= 0.6 is 11.3 Å². The molecular formula is C33H60BrN3O5S. The lowest BCUT2D eigenvalue weighted by Crippen LogP contribution is -3.00. The topological polar surface area (TPSA) is 81.0 Å². The Labute approximate surface area is 276 Å². The molecule has 0 saturated carbocycles. The van der Waals surface area contributed by atoms with Crippen LogP contribution in [0.25, 0.3) is 0 Å². The van der Waals surface area contributed by atoms with Gasteiger partial charge < -0.3 is 36.5 Å². The summed E-state index contributed by atoms with van der Waals surface area (Å²) in [7, 11) is 1.38. The molecule has 43 heavy (non-hydrogen) atoms. The third-order valence-corrected chi connectivity index (χ3v) is 8.78. The van der Waals surface area contributed by atoms with Crippen molar-refractivity contribution in [1.82, 2.24) is 10.2 Å². The van der Waals surface area contributed by atoms with Crippen LogP contribution in [0.3, 0.4) is 0 Å². The third-order valence-electron chi connectivity index (χ3n) is 8.11. The van der Waals surface area contributed by atoms with Crippen LogP contribution in [-0.4, -0.2) is 56.2 Å². The van der Waals surface area contributed by atoms with Crippen molar-refractivity contribution < 1.29 is 45.3 Å². The normalized spacial score (nSPS) is 16.3. The fourth-order valence-corrected chi connectivity index (χ4v) is 6.22. The smallest absolute Gasteiger partial charge is 0.411 e. The number of nitrogens with zero attached hydrogens (tertiary/aromatic N) is 2. The van der Waals surface area contributed by atoms with Gasteiger partial charge in [-0.2, -0.15) is 4.57 Å². The first-order chi connectivity index (χ1) is 20.7. The summed E-state index contributed by atoms with van der Waals surface area (Å²) in [6.07, 6.45) is 24.2. The van der Waals surface area contributed by atoms with Crippen LogP contribution in [0.5, 0.6) is 0 Å². The summed E-state index contributed by atoms with van der Waals surface area (Å²) in [4.78, 5) is 26.7. The van der Waals surface area contributed by atoms with E-state index >= 15 is 0 Å². The quantitative estimate of drug-likeness (QED) is 0.116. The molecule has 1 saturated heterocycles. The number of carbonyl (C=O) groups is 2. The van der Waals surface area contributed by atoms with Gasteiger partial charge in [-0.25, -0.2) is 9.59 Å². The number of thiazole rings is 1. The van der Waals surface area contributed by atoms with Crippen LogP contribution in [-0.2, 0) is 20.8 Å². The molecule has 0 unspecified atom stereocenters. The van der Waals surface area contributed by atoms with E-state index in [9.17, 15) is 9.59 Å². The maximum atomic E-state index is 12.6. The van der Waals surface area contributed by atoms with Gasteiger partial charge in [0, 0.05) is 26.1 Å². The third kappa shape index (κ3) is 18.9. The predicted octanol–water partition coefficient (Wildman–Crippen LogP) is 5.38. The van der Waals surface area contributed by atoms with Crippen LogP contribution in [0.15, 0.2) is 17.1 Å². The minimum absolute atomic E-state index is 0. The van der Waals surface area contributed by atoms with Crippen molar-refractivity contribution in [2.75, 3.05) is 26.8 Å². The Morgan fingerprint density at radius 2 is 1.51 bits per heavy atom. The number of carbonyl (C=O) groups excluding carboxylic acids is 2. The molecule has 10 heteroatoms. The summed E-state index contributed by atoms with van der Waals surface area (Å²) in [5.74, 6) is 0. The minimum atomic E-state index is -0.617. The van der Waals surface area contributed by atoms with Gasteiger partial charge in [-0.05, 0) is 32.1 Å². The van der Waals surface area contributed by atoms with Gasteiger partial charge in [0.1, 0.15) is 12.6 Å². The van der Waals surface area contributed by atoms with Crippen LogP contribution in [0, 0.1) is 0 Å². The van der Waals surface area contributed by atoms with E-state index in [-0.39, 0.29) is 17.0 Å². The van der Waals surface area contributed by atoms with Crippen LogP contribution in [0.1, 0.15) is 135 Å². The van der Waals surface area contributed by atoms with E-state index in [1.165, 1.54) is 90.6 Å². The molecule has 2 amide bonds. The molecule has 2 heterocycles. The van der Waals surface area contributed by atoms with Crippen LogP contribution < -0.4 is 26.9 Å².